The molecule has 0 unspecified atom stereocenters. The maximum absolute atomic E-state index is 11.2. The molecule has 0 amide bonds. The van der Waals surface area contributed by atoms with Crippen LogP contribution in [0.1, 0.15) is 44.6 Å². The van der Waals surface area contributed by atoms with Crippen molar-refractivity contribution < 1.29 is 24.2 Å². The number of carbonyl (C=O) groups excluding carboxylic acids is 1. The quantitative estimate of drug-likeness (QED) is 0.768. The number of carbonyl (C=O) groups is 2. The zero-order valence-corrected chi connectivity index (χ0v) is 15.3. The molecular formula is C18H28O5S. The van der Waals surface area contributed by atoms with Crippen molar-refractivity contribution in [3.05, 3.63) is 35.9 Å². The Morgan fingerprint density at radius 2 is 1.75 bits per heavy atom. The molecule has 0 saturated carbocycles. The molecule has 0 atom stereocenters. The van der Waals surface area contributed by atoms with Crippen molar-refractivity contribution in [1.29, 1.82) is 0 Å². The van der Waals surface area contributed by atoms with E-state index in [1.54, 1.807) is 0 Å². The molecule has 1 aromatic rings. The first-order valence-corrected chi connectivity index (χ1v) is 9.29. The van der Waals surface area contributed by atoms with E-state index in [1.165, 1.54) is 24.3 Å². The molecule has 0 aromatic heterocycles. The van der Waals surface area contributed by atoms with Gasteiger partial charge in [-0.1, -0.05) is 43.7 Å². The first-order chi connectivity index (χ1) is 11.6. The van der Waals surface area contributed by atoms with Gasteiger partial charge in [-0.05, 0) is 36.3 Å². The average molecular weight is 356 g/mol. The molecule has 0 radical (unpaired) electrons. The van der Waals surface area contributed by atoms with Gasteiger partial charge in [-0.3, -0.25) is 4.79 Å². The van der Waals surface area contributed by atoms with Crippen LogP contribution in [0.5, 0.6) is 0 Å². The summed E-state index contributed by atoms with van der Waals surface area (Å²) in [5, 5.41) is 7.50. The fourth-order valence-corrected chi connectivity index (χ4v) is 2.66. The van der Waals surface area contributed by atoms with Crippen molar-refractivity contribution in [2.45, 2.75) is 45.6 Å². The zero-order chi connectivity index (χ0) is 18.0. The number of methoxy groups -OCH3 is 1. The highest BCUT2D eigenvalue weighted by Crippen LogP contribution is 2.14. The number of esters is 1. The van der Waals surface area contributed by atoms with Crippen LogP contribution in [0.4, 0.5) is 4.79 Å². The predicted octanol–water partition coefficient (Wildman–Crippen LogP) is 4.74. The first-order valence-electron chi connectivity index (χ1n) is 8.14. The van der Waals surface area contributed by atoms with E-state index in [0.717, 1.165) is 25.5 Å². The number of ether oxygens (including phenoxy) is 2. The Kier molecular flexibility index (Phi) is 15.0. The highest BCUT2D eigenvalue weighted by molar-refractivity contribution is 7.99. The Labute approximate surface area is 148 Å². The third-order valence-electron chi connectivity index (χ3n) is 2.98. The number of unbranched alkanes of at least 4 members (excludes halogenated alkanes) is 1. The molecule has 1 aliphatic heterocycles. The van der Waals surface area contributed by atoms with Gasteiger partial charge >= 0.3 is 12.1 Å². The molecule has 1 heterocycles. The molecule has 0 spiro atoms. The predicted molar refractivity (Wildman–Crippen MR) is 97.4 cm³/mol. The third-order valence-corrected chi connectivity index (χ3v) is 4.13. The van der Waals surface area contributed by atoms with Gasteiger partial charge in [-0.2, -0.15) is 11.8 Å². The molecule has 24 heavy (non-hydrogen) atoms. The van der Waals surface area contributed by atoms with Crippen molar-refractivity contribution >= 4 is 23.9 Å². The summed E-state index contributed by atoms with van der Waals surface area (Å²) >= 11 is 2.07. The lowest BCUT2D eigenvalue weighted by molar-refractivity contribution is -0.145. The largest absolute Gasteiger partial charge is 0.505 e. The summed E-state index contributed by atoms with van der Waals surface area (Å²) in [7, 11) is 1.10. The van der Waals surface area contributed by atoms with E-state index < -0.39 is 6.16 Å². The normalized spacial score (nSPS) is 12.1. The second-order valence-electron chi connectivity index (χ2n) is 5.04. The summed E-state index contributed by atoms with van der Waals surface area (Å²) in [6.45, 7) is 2.45. The van der Waals surface area contributed by atoms with Gasteiger partial charge < -0.3 is 14.6 Å². The topological polar surface area (TPSA) is 72.8 Å². The van der Waals surface area contributed by atoms with Crippen LogP contribution in [0.25, 0.3) is 0 Å². The molecule has 0 aliphatic carbocycles. The number of thioether (sulfide) groups is 1. The molecule has 1 fully saturated rings. The van der Waals surface area contributed by atoms with Crippen LogP contribution in [0, 0.1) is 0 Å². The second kappa shape index (κ2) is 16.2. The number of rotatable bonds is 5. The van der Waals surface area contributed by atoms with Crippen molar-refractivity contribution in [3.63, 3.8) is 0 Å². The van der Waals surface area contributed by atoms with Gasteiger partial charge in [0.25, 0.3) is 0 Å². The molecule has 0 bridgehead atoms. The monoisotopic (exact) mass is 356 g/mol. The van der Waals surface area contributed by atoms with Crippen LogP contribution in [0.2, 0.25) is 0 Å². The van der Waals surface area contributed by atoms with Crippen LogP contribution in [-0.4, -0.2) is 35.8 Å². The minimum Gasteiger partial charge on any atom is -0.461 e. The van der Waals surface area contributed by atoms with Crippen LogP contribution in [0.15, 0.2) is 30.3 Å². The zero-order valence-electron chi connectivity index (χ0n) is 14.5. The molecule has 1 saturated heterocycles. The first kappa shape index (κ1) is 22.3. The van der Waals surface area contributed by atoms with Crippen molar-refractivity contribution in [2.75, 3.05) is 18.6 Å². The molecule has 136 valence electrons. The van der Waals surface area contributed by atoms with E-state index in [1.807, 2.05) is 30.3 Å². The number of benzene rings is 1. The molecule has 2 rings (SSSR count). The Bertz CT molecular complexity index is 425. The van der Waals surface area contributed by atoms with Crippen molar-refractivity contribution in [2.24, 2.45) is 0 Å². The molecular weight excluding hydrogens is 328 g/mol. The number of hydrogen-bond acceptors (Lipinski definition) is 5. The summed E-state index contributed by atoms with van der Waals surface area (Å²) in [5.41, 5.74) is 1.04. The second-order valence-corrected chi connectivity index (χ2v) is 6.26. The summed E-state index contributed by atoms with van der Waals surface area (Å²) in [5.74, 6) is 2.73. The number of hydrogen-bond donors (Lipinski definition) is 1. The summed E-state index contributed by atoms with van der Waals surface area (Å²) in [4.78, 5) is 20.3. The highest BCUT2D eigenvalue weighted by Gasteiger charge is 2.01. The Balaban J connectivity index is 0.000000431. The standard InChI is InChI=1S/C12H16O2.C4H8S.C2H4O3/c1-2-3-9-12(13)14-10-11-7-5-4-6-8-11;1-2-4-5-3-1;1-5-2(3)4/h4-8H,2-3,9-10H2,1H3;1-4H2;1H3,(H,3,4). The molecule has 1 aromatic carbocycles. The van der Waals surface area contributed by atoms with E-state index in [2.05, 4.69) is 23.4 Å². The third kappa shape index (κ3) is 15.2. The molecule has 1 aliphatic rings. The van der Waals surface area contributed by atoms with E-state index in [9.17, 15) is 4.79 Å². The van der Waals surface area contributed by atoms with Crippen molar-refractivity contribution in [1.82, 2.24) is 0 Å². The van der Waals surface area contributed by atoms with Crippen LogP contribution >= 0.6 is 11.8 Å². The van der Waals surface area contributed by atoms with Gasteiger partial charge in [0.2, 0.25) is 0 Å². The van der Waals surface area contributed by atoms with E-state index in [0.29, 0.717) is 13.0 Å². The summed E-state index contributed by atoms with van der Waals surface area (Å²) in [6.07, 6.45) is 4.15. The van der Waals surface area contributed by atoms with Gasteiger partial charge in [0.1, 0.15) is 6.61 Å². The lowest BCUT2D eigenvalue weighted by Gasteiger charge is -2.03. The summed E-state index contributed by atoms with van der Waals surface area (Å²) in [6, 6.07) is 9.73. The lowest BCUT2D eigenvalue weighted by atomic mass is 10.2. The highest BCUT2D eigenvalue weighted by atomic mass is 32.2. The maximum atomic E-state index is 11.2. The SMILES string of the molecule is C1CCSC1.CCCCC(=O)OCc1ccccc1.COC(=O)O. The van der Waals surface area contributed by atoms with Crippen LogP contribution in [0.3, 0.4) is 0 Å². The van der Waals surface area contributed by atoms with E-state index in [4.69, 9.17) is 14.6 Å². The molecule has 6 heteroatoms. The number of carboxylic acid groups (broad SMARTS) is 1. The molecule has 1 N–H and O–H groups in total. The Hall–Kier alpha value is -1.69. The van der Waals surface area contributed by atoms with Crippen LogP contribution < -0.4 is 0 Å². The van der Waals surface area contributed by atoms with Gasteiger partial charge in [0.05, 0.1) is 7.11 Å². The smallest absolute Gasteiger partial charge is 0.461 e. The van der Waals surface area contributed by atoms with Gasteiger partial charge in [-0.15, -0.1) is 0 Å². The fourth-order valence-electron chi connectivity index (χ4n) is 1.64. The minimum atomic E-state index is -1.25. The average Bonchev–Trinajstić information content (AvgIpc) is 3.19. The minimum absolute atomic E-state index is 0.101. The summed E-state index contributed by atoms with van der Waals surface area (Å²) < 4.78 is 8.76. The van der Waals surface area contributed by atoms with Crippen LogP contribution in [-0.2, 0) is 20.9 Å². The van der Waals surface area contributed by atoms with E-state index >= 15 is 0 Å². The van der Waals surface area contributed by atoms with E-state index in [-0.39, 0.29) is 5.97 Å². The molecule has 5 nitrogen and oxygen atoms in total. The Morgan fingerprint density at radius 1 is 1.17 bits per heavy atom. The van der Waals surface area contributed by atoms with Gasteiger partial charge in [-0.25, -0.2) is 4.79 Å². The van der Waals surface area contributed by atoms with Gasteiger partial charge in [0, 0.05) is 6.42 Å². The van der Waals surface area contributed by atoms with Crippen molar-refractivity contribution in [3.8, 4) is 0 Å². The van der Waals surface area contributed by atoms with Gasteiger partial charge in [0.15, 0.2) is 0 Å². The maximum Gasteiger partial charge on any atom is 0.505 e. The Morgan fingerprint density at radius 3 is 2.17 bits per heavy atom. The lowest BCUT2D eigenvalue weighted by Crippen LogP contribution is -2.03. The fraction of sp³-hybridized carbons (Fsp3) is 0.556.